The van der Waals surface area contributed by atoms with Gasteiger partial charge in [0, 0.05) is 18.8 Å². The molecule has 7 nitrogen and oxygen atoms in total. The molecule has 1 fully saturated rings. The van der Waals surface area contributed by atoms with Crippen molar-refractivity contribution in [3.8, 4) is 11.7 Å². The highest BCUT2D eigenvalue weighted by atomic mass is 16.4. The minimum atomic E-state index is 0.413. The van der Waals surface area contributed by atoms with E-state index in [0.29, 0.717) is 30.1 Å². The first kappa shape index (κ1) is 14.2. The van der Waals surface area contributed by atoms with Crippen LogP contribution in [0.2, 0.25) is 0 Å². The summed E-state index contributed by atoms with van der Waals surface area (Å²) in [7, 11) is 0. The van der Waals surface area contributed by atoms with Gasteiger partial charge in [-0.2, -0.15) is 5.10 Å². The minimum absolute atomic E-state index is 0.413. The second kappa shape index (κ2) is 5.66. The van der Waals surface area contributed by atoms with Crippen molar-refractivity contribution in [3.63, 3.8) is 0 Å². The van der Waals surface area contributed by atoms with E-state index in [9.17, 15) is 0 Å². The highest BCUT2D eigenvalue weighted by Crippen LogP contribution is 2.25. The second-order valence-electron chi connectivity index (χ2n) is 6.03. The summed E-state index contributed by atoms with van der Waals surface area (Å²) in [5, 5.41) is 12.8. The van der Waals surface area contributed by atoms with Crippen LogP contribution in [0.1, 0.15) is 29.7 Å². The number of nitrogens with zero attached hydrogens (tertiary/aromatic N) is 5. The summed E-state index contributed by atoms with van der Waals surface area (Å²) in [6.45, 7) is 6.74. The first-order chi connectivity index (χ1) is 11.2. The van der Waals surface area contributed by atoms with Gasteiger partial charge in [-0.1, -0.05) is 0 Å². The van der Waals surface area contributed by atoms with E-state index < -0.39 is 0 Å². The molecular formula is C16H19N5O2. The Morgan fingerprint density at radius 1 is 1.30 bits per heavy atom. The molecule has 0 N–H and O–H groups in total. The number of rotatable bonds is 4. The number of hydrogen-bond donors (Lipinski definition) is 0. The highest BCUT2D eigenvalue weighted by molar-refractivity contribution is 5.42. The van der Waals surface area contributed by atoms with Gasteiger partial charge in [-0.25, -0.2) is 0 Å². The Balaban J connectivity index is 1.42. The van der Waals surface area contributed by atoms with Crippen LogP contribution in [0.15, 0.2) is 33.3 Å². The SMILES string of the molecule is Cc1cc(C)n([C@H]2CCN(Cc3nnc(-c4ccco4)o3)C2)n1. The summed E-state index contributed by atoms with van der Waals surface area (Å²) in [5.74, 6) is 1.65. The minimum Gasteiger partial charge on any atom is -0.459 e. The third-order valence-electron chi connectivity index (χ3n) is 4.20. The molecule has 3 aromatic heterocycles. The van der Waals surface area contributed by atoms with Crippen molar-refractivity contribution in [1.82, 2.24) is 24.9 Å². The summed E-state index contributed by atoms with van der Waals surface area (Å²) < 4.78 is 13.1. The zero-order valence-corrected chi connectivity index (χ0v) is 13.3. The zero-order valence-electron chi connectivity index (χ0n) is 13.3. The fourth-order valence-electron chi connectivity index (χ4n) is 3.18. The van der Waals surface area contributed by atoms with Gasteiger partial charge in [-0.15, -0.1) is 10.2 Å². The van der Waals surface area contributed by atoms with Crippen molar-refractivity contribution in [1.29, 1.82) is 0 Å². The molecule has 0 unspecified atom stereocenters. The Kier molecular flexibility index (Phi) is 3.49. The van der Waals surface area contributed by atoms with Crippen molar-refractivity contribution in [2.45, 2.75) is 32.9 Å². The standard InChI is InChI=1S/C16H19N5O2/c1-11-8-12(2)21(19-11)13-5-6-20(9-13)10-15-17-18-16(23-15)14-4-3-7-22-14/h3-4,7-8,13H,5-6,9-10H2,1-2H3/t13-/m0/s1. The zero-order chi connectivity index (χ0) is 15.8. The molecule has 0 spiro atoms. The van der Waals surface area contributed by atoms with Crippen LogP contribution in [-0.2, 0) is 6.54 Å². The van der Waals surface area contributed by atoms with Gasteiger partial charge in [0.25, 0.3) is 5.89 Å². The van der Waals surface area contributed by atoms with Gasteiger partial charge in [-0.05, 0) is 38.5 Å². The van der Waals surface area contributed by atoms with E-state index in [1.54, 1.807) is 12.3 Å². The van der Waals surface area contributed by atoms with Gasteiger partial charge in [0.1, 0.15) is 0 Å². The first-order valence-corrected chi connectivity index (χ1v) is 7.80. The molecule has 4 rings (SSSR count). The molecule has 0 amide bonds. The van der Waals surface area contributed by atoms with Crippen LogP contribution in [0.3, 0.4) is 0 Å². The maximum absolute atomic E-state index is 5.68. The molecule has 23 heavy (non-hydrogen) atoms. The summed E-state index contributed by atoms with van der Waals surface area (Å²) in [6.07, 6.45) is 2.68. The van der Waals surface area contributed by atoms with E-state index in [1.807, 2.05) is 13.0 Å². The summed E-state index contributed by atoms with van der Waals surface area (Å²) >= 11 is 0. The summed E-state index contributed by atoms with van der Waals surface area (Å²) in [6, 6.07) is 6.15. The molecule has 3 aromatic rings. The van der Waals surface area contributed by atoms with E-state index >= 15 is 0 Å². The number of aromatic nitrogens is 4. The van der Waals surface area contributed by atoms with E-state index in [-0.39, 0.29) is 0 Å². The van der Waals surface area contributed by atoms with Gasteiger partial charge < -0.3 is 8.83 Å². The number of furan rings is 1. The number of aryl methyl sites for hydroxylation is 2. The van der Waals surface area contributed by atoms with Crippen molar-refractivity contribution in [2.75, 3.05) is 13.1 Å². The lowest BCUT2D eigenvalue weighted by molar-refractivity contribution is 0.277. The van der Waals surface area contributed by atoms with Crippen molar-refractivity contribution < 1.29 is 8.83 Å². The summed E-state index contributed by atoms with van der Waals surface area (Å²) in [4.78, 5) is 2.32. The molecule has 1 aliphatic rings. The molecule has 4 heterocycles. The van der Waals surface area contributed by atoms with Gasteiger partial charge >= 0.3 is 0 Å². The molecule has 0 aromatic carbocycles. The average molecular weight is 313 g/mol. The van der Waals surface area contributed by atoms with Crippen LogP contribution in [0.4, 0.5) is 0 Å². The van der Waals surface area contributed by atoms with Crippen LogP contribution < -0.4 is 0 Å². The lowest BCUT2D eigenvalue weighted by Gasteiger charge is -2.15. The largest absolute Gasteiger partial charge is 0.459 e. The smallest absolute Gasteiger partial charge is 0.283 e. The fraction of sp³-hybridized carbons (Fsp3) is 0.438. The van der Waals surface area contributed by atoms with Crippen molar-refractivity contribution in [3.05, 3.63) is 41.7 Å². The maximum atomic E-state index is 5.68. The lowest BCUT2D eigenvalue weighted by atomic mass is 10.2. The first-order valence-electron chi connectivity index (χ1n) is 7.80. The van der Waals surface area contributed by atoms with Crippen LogP contribution in [0, 0.1) is 13.8 Å². The Morgan fingerprint density at radius 3 is 2.96 bits per heavy atom. The Hall–Kier alpha value is -2.41. The molecular weight excluding hydrogens is 294 g/mol. The van der Waals surface area contributed by atoms with E-state index in [1.165, 1.54) is 5.69 Å². The molecule has 1 atom stereocenters. The molecule has 0 bridgehead atoms. The van der Waals surface area contributed by atoms with Gasteiger partial charge in [-0.3, -0.25) is 9.58 Å². The fourth-order valence-corrected chi connectivity index (χ4v) is 3.18. The van der Waals surface area contributed by atoms with E-state index in [0.717, 1.165) is 25.2 Å². The lowest BCUT2D eigenvalue weighted by Crippen LogP contribution is -2.22. The Labute approximate surface area is 133 Å². The summed E-state index contributed by atoms with van der Waals surface area (Å²) in [5.41, 5.74) is 2.29. The molecule has 120 valence electrons. The van der Waals surface area contributed by atoms with Crippen LogP contribution in [0.25, 0.3) is 11.7 Å². The average Bonchev–Trinajstić information content (AvgIpc) is 3.27. The van der Waals surface area contributed by atoms with Gasteiger partial charge in [0.15, 0.2) is 5.76 Å². The molecule has 0 radical (unpaired) electrons. The van der Waals surface area contributed by atoms with E-state index in [4.69, 9.17) is 8.83 Å². The van der Waals surface area contributed by atoms with Gasteiger partial charge in [0.2, 0.25) is 5.89 Å². The number of likely N-dealkylation sites (tertiary alicyclic amines) is 1. The second-order valence-corrected chi connectivity index (χ2v) is 6.03. The van der Waals surface area contributed by atoms with Crippen LogP contribution in [-0.4, -0.2) is 38.0 Å². The monoisotopic (exact) mass is 313 g/mol. The topological polar surface area (TPSA) is 73.1 Å². The van der Waals surface area contributed by atoms with E-state index in [2.05, 4.69) is 37.9 Å². The van der Waals surface area contributed by atoms with Crippen molar-refractivity contribution >= 4 is 0 Å². The Bertz CT molecular complexity index is 789. The van der Waals surface area contributed by atoms with Crippen molar-refractivity contribution in [2.24, 2.45) is 0 Å². The molecule has 1 aliphatic heterocycles. The predicted octanol–water partition coefficient (Wildman–Crippen LogP) is 2.59. The number of hydrogen-bond acceptors (Lipinski definition) is 6. The molecule has 0 saturated carbocycles. The van der Waals surface area contributed by atoms with Gasteiger partial charge in [0.05, 0.1) is 24.5 Å². The third kappa shape index (κ3) is 2.79. The molecule has 1 saturated heterocycles. The Morgan fingerprint density at radius 2 is 2.22 bits per heavy atom. The third-order valence-corrected chi connectivity index (χ3v) is 4.20. The maximum Gasteiger partial charge on any atom is 0.283 e. The van der Waals surface area contributed by atoms with Crippen LogP contribution in [0.5, 0.6) is 0 Å². The highest BCUT2D eigenvalue weighted by Gasteiger charge is 2.27. The normalized spacial score (nSPS) is 18.8. The van der Waals surface area contributed by atoms with Crippen LogP contribution >= 0.6 is 0 Å². The molecule has 0 aliphatic carbocycles. The molecule has 7 heteroatoms. The quantitative estimate of drug-likeness (QED) is 0.737. The predicted molar refractivity (Wildman–Crippen MR) is 82.6 cm³/mol.